The summed E-state index contributed by atoms with van der Waals surface area (Å²) in [7, 11) is -3.45. The van der Waals surface area contributed by atoms with Gasteiger partial charge in [-0.15, -0.1) is 0 Å². The number of anilines is 1. The number of benzene rings is 2. The fourth-order valence-corrected chi connectivity index (χ4v) is 4.63. The maximum Gasteiger partial charge on any atom is 0.307 e. The first kappa shape index (κ1) is 22.0. The van der Waals surface area contributed by atoms with E-state index in [2.05, 4.69) is 36.6 Å². The van der Waals surface area contributed by atoms with Crippen LogP contribution < -0.4 is 9.46 Å². The summed E-state index contributed by atoms with van der Waals surface area (Å²) in [5, 5.41) is 9.15. The molecule has 0 bridgehead atoms. The predicted octanol–water partition coefficient (Wildman–Crippen LogP) is 4.83. The van der Waals surface area contributed by atoms with E-state index in [-0.39, 0.29) is 29.5 Å². The standard InChI is InChI=1S/C17H16Br2ClNO5S/c1-2-27(24,25)21-14-5-3-4-11(16(14)20)9-26-17-12(18)6-10(7-13(17)19)8-15(22)23/h3-7,21H,2,8-9H2,1H3,(H,22,23). The van der Waals surface area contributed by atoms with Gasteiger partial charge in [0.1, 0.15) is 12.4 Å². The zero-order valence-corrected chi connectivity index (χ0v) is 18.9. The molecule has 27 heavy (non-hydrogen) atoms. The van der Waals surface area contributed by atoms with Crippen LogP contribution in [0.15, 0.2) is 39.3 Å². The lowest BCUT2D eigenvalue weighted by molar-refractivity contribution is -0.136. The number of carboxylic acids is 1. The number of nitrogens with one attached hydrogen (secondary N) is 1. The molecule has 0 atom stereocenters. The summed E-state index contributed by atoms with van der Waals surface area (Å²) in [6, 6.07) is 8.32. The van der Waals surface area contributed by atoms with Gasteiger partial charge in [0.05, 0.1) is 31.8 Å². The van der Waals surface area contributed by atoms with Gasteiger partial charge < -0.3 is 9.84 Å². The van der Waals surface area contributed by atoms with Gasteiger partial charge in [-0.25, -0.2) is 8.42 Å². The smallest absolute Gasteiger partial charge is 0.307 e. The Labute approximate surface area is 179 Å². The van der Waals surface area contributed by atoms with Crippen LogP contribution in [0.2, 0.25) is 5.02 Å². The molecular weight excluding hydrogens is 526 g/mol. The lowest BCUT2D eigenvalue weighted by atomic mass is 10.1. The Kier molecular flexibility index (Phi) is 7.55. The third-order valence-electron chi connectivity index (χ3n) is 3.51. The molecular formula is C17H16Br2ClNO5S. The van der Waals surface area contributed by atoms with Gasteiger partial charge in [0.25, 0.3) is 0 Å². The first-order valence-electron chi connectivity index (χ1n) is 7.73. The molecule has 0 aliphatic rings. The zero-order valence-electron chi connectivity index (χ0n) is 14.1. The van der Waals surface area contributed by atoms with E-state index in [1.54, 1.807) is 30.3 Å². The Morgan fingerprint density at radius 1 is 1.26 bits per heavy atom. The number of carboxylic acid groups (broad SMARTS) is 1. The third kappa shape index (κ3) is 6.10. The first-order chi connectivity index (χ1) is 12.6. The molecule has 0 radical (unpaired) electrons. The summed E-state index contributed by atoms with van der Waals surface area (Å²) in [6.07, 6.45) is -0.108. The van der Waals surface area contributed by atoms with E-state index in [0.29, 0.717) is 25.8 Å². The highest BCUT2D eigenvalue weighted by Gasteiger charge is 2.15. The SMILES string of the molecule is CCS(=O)(=O)Nc1cccc(COc2c(Br)cc(CC(=O)O)cc2Br)c1Cl. The van der Waals surface area contributed by atoms with Crippen molar-refractivity contribution in [3.05, 3.63) is 55.4 Å². The van der Waals surface area contributed by atoms with Crippen molar-refractivity contribution in [2.45, 2.75) is 20.0 Å². The van der Waals surface area contributed by atoms with Crippen molar-refractivity contribution >= 4 is 65.1 Å². The molecule has 0 saturated carbocycles. The van der Waals surface area contributed by atoms with Crippen LogP contribution in [-0.2, 0) is 27.8 Å². The first-order valence-corrected chi connectivity index (χ1v) is 11.3. The maximum absolute atomic E-state index is 11.8. The number of rotatable bonds is 8. The van der Waals surface area contributed by atoms with Crippen LogP contribution in [0, 0.1) is 0 Å². The van der Waals surface area contributed by atoms with E-state index in [1.165, 1.54) is 6.92 Å². The fourth-order valence-electron chi connectivity index (χ4n) is 2.19. The van der Waals surface area contributed by atoms with Crippen molar-refractivity contribution in [3.63, 3.8) is 0 Å². The number of carbonyl (C=O) groups is 1. The quantitative estimate of drug-likeness (QED) is 0.499. The summed E-state index contributed by atoms with van der Waals surface area (Å²) in [6.45, 7) is 1.63. The molecule has 2 rings (SSSR count). The minimum absolute atomic E-state index is 0.0629. The van der Waals surface area contributed by atoms with Gasteiger partial charge in [-0.3, -0.25) is 9.52 Å². The van der Waals surface area contributed by atoms with E-state index in [9.17, 15) is 13.2 Å². The van der Waals surface area contributed by atoms with Crippen molar-refractivity contribution in [1.29, 1.82) is 0 Å². The largest absolute Gasteiger partial charge is 0.486 e. The molecule has 2 N–H and O–H groups in total. The van der Waals surface area contributed by atoms with Crippen molar-refractivity contribution in [3.8, 4) is 5.75 Å². The number of aliphatic carboxylic acids is 1. The van der Waals surface area contributed by atoms with Crippen molar-refractivity contribution in [1.82, 2.24) is 0 Å². The number of hydrogen-bond donors (Lipinski definition) is 2. The normalized spacial score (nSPS) is 11.3. The van der Waals surface area contributed by atoms with Crippen LogP contribution in [0.1, 0.15) is 18.1 Å². The summed E-state index contributed by atoms with van der Waals surface area (Å²) >= 11 is 13.0. The van der Waals surface area contributed by atoms with E-state index in [4.69, 9.17) is 21.4 Å². The average molecular weight is 542 g/mol. The number of halogens is 3. The molecule has 0 fully saturated rings. The van der Waals surface area contributed by atoms with Crippen molar-refractivity contribution < 1.29 is 23.1 Å². The van der Waals surface area contributed by atoms with Crippen LogP contribution >= 0.6 is 43.5 Å². The number of sulfonamides is 1. The third-order valence-corrected chi connectivity index (χ3v) is 6.43. The lowest BCUT2D eigenvalue weighted by Gasteiger charge is -2.14. The van der Waals surface area contributed by atoms with E-state index in [1.807, 2.05) is 0 Å². The predicted molar refractivity (Wildman–Crippen MR) is 112 cm³/mol. The van der Waals surface area contributed by atoms with Crippen LogP contribution in [0.5, 0.6) is 5.75 Å². The topological polar surface area (TPSA) is 92.7 Å². The Morgan fingerprint density at radius 2 is 1.89 bits per heavy atom. The number of ether oxygens (including phenoxy) is 1. The van der Waals surface area contributed by atoms with Gasteiger partial charge in [0, 0.05) is 5.56 Å². The molecule has 0 heterocycles. The molecule has 0 spiro atoms. The molecule has 10 heteroatoms. The van der Waals surface area contributed by atoms with Crippen molar-refractivity contribution in [2.75, 3.05) is 10.5 Å². The second kappa shape index (κ2) is 9.27. The molecule has 0 unspecified atom stereocenters. The average Bonchev–Trinajstić information content (AvgIpc) is 2.56. The Morgan fingerprint density at radius 3 is 2.44 bits per heavy atom. The van der Waals surface area contributed by atoms with Gasteiger partial charge in [-0.05, 0) is 62.5 Å². The monoisotopic (exact) mass is 539 g/mol. The molecule has 2 aromatic rings. The molecule has 0 saturated heterocycles. The summed E-state index contributed by atoms with van der Waals surface area (Å²) in [5.74, 6) is -0.507. The summed E-state index contributed by atoms with van der Waals surface area (Å²) < 4.78 is 32.9. The Bertz CT molecular complexity index is 943. The molecule has 0 aliphatic carbocycles. The highest BCUT2D eigenvalue weighted by atomic mass is 79.9. The highest BCUT2D eigenvalue weighted by Crippen LogP contribution is 2.36. The maximum atomic E-state index is 11.8. The number of hydrogen-bond acceptors (Lipinski definition) is 4. The van der Waals surface area contributed by atoms with Gasteiger partial charge in [0.15, 0.2) is 0 Å². The summed E-state index contributed by atoms with van der Waals surface area (Å²) in [5.41, 5.74) is 1.50. The minimum atomic E-state index is -3.45. The minimum Gasteiger partial charge on any atom is -0.486 e. The zero-order chi connectivity index (χ0) is 20.2. The van der Waals surface area contributed by atoms with Crippen LogP contribution in [0.3, 0.4) is 0 Å². The van der Waals surface area contributed by atoms with E-state index < -0.39 is 16.0 Å². The van der Waals surface area contributed by atoms with Gasteiger partial charge in [-0.2, -0.15) is 0 Å². The van der Waals surface area contributed by atoms with Gasteiger partial charge >= 0.3 is 5.97 Å². The summed E-state index contributed by atoms with van der Waals surface area (Å²) in [4.78, 5) is 10.9. The molecule has 0 aliphatic heterocycles. The molecule has 0 aromatic heterocycles. The molecule has 6 nitrogen and oxygen atoms in total. The molecule has 2 aromatic carbocycles. The Hall–Kier alpha value is -1.29. The Balaban J connectivity index is 2.21. The van der Waals surface area contributed by atoms with E-state index in [0.717, 1.165) is 0 Å². The second-order valence-electron chi connectivity index (χ2n) is 5.53. The molecule has 0 amide bonds. The lowest BCUT2D eigenvalue weighted by Crippen LogP contribution is -2.15. The van der Waals surface area contributed by atoms with E-state index >= 15 is 0 Å². The second-order valence-corrected chi connectivity index (χ2v) is 9.63. The van der Waals surface area contributed by atoms with Crippen LogP contribution in [0.4, 0.5) is 5.69 Å². The highest BCUT2D eigenvalue weighted by molar-refractivity contribution is 9.11. The fraction of sp³-hybridized carbons (Fsp3) is 0.235. The van der Waals surface area contributed by atoms with Gasteiger partial charge in [0.2, 0.25) is 10.0 Å². The van der Waals surface area contributed by atoms with Crippen LogP contribution in [-0.4, -0.2) is 25.2 Å². The van der Waals surface area contributed by atoms with Crippen molar-refractivity contribution in [2.24, 2.45) is 0 Å². The van der Waals surface area contributed by atoms with Crippen LogP contribution in [0.25, 0.3) is 0 Å². The molecule has 146 valence electrons. The van der Waals surface area contributed by atoms with Gasteiger partial charge in [-0.1, -0.05) is 23.7 Å².